The molecule has 5 heteroatoms. The van der Waals surface area contributed by atoms with Crippen molar-refractivity contribution < 1.29 is 18.1 Å². The van der Waals surface area contributed by atoms with Crippen LogP contribution in [-0.2, 0) is 10.1 Å². The van der Waals surface area contributed by atoms with Crippen molar-refractivity contribution in [2.24, 2.45) is 5.41 Å². The second kappa shape index (κ2) is 5.01. The molecule has 0 saturated heterocycles. The van der Waals surface area contributed by atoms with Crippen LogP contribution >= 0.6 is 0 Å². The van der Waals surface area contributed by atoms with Gasteiger partial charge in [-0.25, -0.2) is 0 Å². The van der Waals surface area contributed by atoms with E-state index in [1.54, 1.807) is 0 Å². The molecule has 0 rings (SSSR count). The van der Waals surface area contributed by atoms with Crippen molar-refractivity contribution in [1.29, 1.82) is 0 Å². The Morgan fingerprint density at radius 2 is 1.50 bits per heavy atom. The standard InChI is InChI=1S/C6H10O.CH4O3S/c1-6(2,3)4-5-7;1-5(2,3)4/h7H,1-3H3;1H3,(H,2,3,4). The first-order chi connectivity index (χ1) is 5.06. The van der Waals surface area contributed by atoms with E-state index in [0.29, 0.717) is 6.26 Å². The molecule has 0 atom stereocenters. The minimum atomic E-state index is -3.67. The van der Waals surface area contributed by atoms with Crippen molar-refractivity contribution in [2.45, 2.75) is 20.8 Å². The Morgan fingerprint density at radius 1 is 1.25 bits per heavy atom. The van der Waals surface area contributed by atoms with Crippen LogP contribution in [0, 0.1) is 17.4 Å². The largest absolute Gasteiger partial charge is 0.462 e. The maximum atomic E-state index is 9.19. The summed E-state index contributed by atoms with van der Waals surface area (Å²) in [5, 5.41) is 8.04. The van der Waals surface area contributed by atoms with Crippen molar-refractivity contribution in [3.05, 3.63) is 0 Å². The van der Waals surface area contributed by atoms with E-state index in [1.807, 2.05) is 26.9 Å². The van der Waals surface area contributed by atoms with Gasteiger partial charge in [-0.15, -0.1) is 0 Å². The number of rotatable bonds is 0. The Bertz CT molecular complexity index is 252. The number of hydrogen-bond donors (Lipinski definition) is 2. The van der Waals surface area contributed by atoms with Crippen LogP contribution in [0.5, 0.6) is 0 Å². The average molecular weight is 194 g/mol. The fourth-order valence-electron chi connectivity index (χ4n) is 0.168. The maximum Gasteiger partial charge on any atom is 0.261 e. The molecule has 0 spiro atoms. The minimum Gasteiger partial charge on any atom is -0.462 e. The zero-order chi connectivity index (χ0) is 10.4. The summed E-state index contributed by atoms with van der Waals surface area (Å²) < 4.78 is 25.9. The highest BCUT2D eigenvalue weighted by atomic mass is 32.2. The van der Waals surface area contributed by atoms with E-state index in [4.69, 9.17) is 9.66 Å². The smallest absolute Gasteiger partial charge is 0.261 e. The molecule has 0 aliphatic rings. The highest BCUT2D eigenvalue weighted by Gasteiger charge is 2.02. The zero-order valence-electron chi connectivity index (χ0n) is 7.62. The summed E-state index contributed by atoms with van der Waals surface area (Å²) >= 11 is 0. The van der Waals surface area contributed by atoms with Gasteiger partial charge in [0.2, 0.25) is 0 Å². The van der Waals surface area contributed by atoms with Gasteiger partial charge >= 0.3 is 0 Å². The summed E-state index contributed by atoms with van der Waals surface area (Å²) in [5.74, 6) is 2.59. The molecule has 0 heterocycles. The van der Waals surface area contributed by atoms with Crippen molar-refractivity contribution in [3.8, 4) is 12.0 Å². The molecule has 0 aliphatic heterocycles. The minimum absolute atomic E-state index is 0.0608. The maximum absolute atomic E-state index is 9.19. The van der Waals surface area contributed by atoms with Crippen LogP contribution in [0.3, 0.4) is 0 Å². The fraction of sp³-hybridized carbons (Fsp3) is 0.714. The molecule has 0 aromatic rings. The van der Waals surface area contributed by atoms with Gasteiger partial charge in [0.15, 0.2) is 0 Å². The van der Waals surface area contributed by atoms with E-state index in [9.17, 15) is 8.42 Å². The quantitative estimate of drug-likeness (QED) is 0.443. The second-order valence-corrected chi connectivity index (χ2v) is 4.69. The topological polar surface area (TPSA) is 74.6 Å². The van der Waals surface area contributed by atoms with Crippen LogP contribution in [0.15, 0.2) is 0 Å². The lowest BCUT2D eigenvalue weighted by Gasteiger charge is -2.04. The van der Waals surface area contributed by atoms with E-state index in [-0.39, 0.29) is 5.41 Å². The molecule has 0 saturated carbocycles. The molecule has 0 aromatic carbocycles. The summed E-state index contributed by atoms with van der Waals surface area (Å²) in [6.07, 6.45) is 2.57. The third kappa shape index (κ3) is 59.3. The lowest BCUT2D eigenvalue weighted by atomic mass is 9.99. The predicted octanol–water partition coefficient (Wildman–Crippen LogP) is 0.870. The number of aliphatic hydroxyl groups is 1. The van der Waals surface area contributed by atoms with Crippen LogP contribution < -0.4 is 0 Å². The first-order valence-corrected chi connectivity index (χ1v) is 5.00. The Labute approximate surface area is 73.4 Å². The molecule has 0 aliphatic carbocycles. The van der Waals surface area contributed by atoms with Gasteiger partial charge in [0.1, 0.15) is 6.11 Å². The molecule has 0 amide bonds. The molecular weight excluding hydrogens is 180 g/mol. The highest BCUT2D eigenvalue weighted by Crippen LogP contribution is 2.08. The van der Waals surface area contributed by atoms with E-state index < -0.39 is 10.1 Å². The summed E-state index contributed by atoms with van der Waals surface area (Å²) in [6.45, 7) is 5.82. The Kier molecular flexibility index (Phi) is 5.78. The van der Waals surface area contributed by atoms with Gasteiger partial charge in [-0.3, -0.25) is 4.55 Å². The summed E-state index contributed by atoms with van der Waals surface area (Å²) in [7, 11) is -3.67. The molecule has 0 unspecified atom stereocenters. The summed E-state index contributed by atoms with van der Waals surface area (Å²) in [4.78, 5) is 0. The first-order valence-electron chi connectivity index (χ1n) is 3.15. The van der Waals surface area contributed by atoms with Gasteiger partial charge in [0.05, 0.1) is 6.26 Å². The third-order valence-corrected chi connectivity index (χ3v) is 0.431. The van der Waals surface area contributed by atoms with E-state index in [0.717, 1.165) is 0 Å². The number of aliphatic hydroxyl groups excluding tert-OH is 1. The Balaban J connectivity index is 0. The van der Waals surface area contributed by atoms with E-state index in [2.05, 4.69) is 5.92 Å². The van der Waals surface area contributed by atoms with Gasteiger partial charge in [0.25, 0.3) is 10.1 Å². The van der Waals surface area contributed by atoms with Crippen molar-refractivity contribution in [3.63, 3.8) is 0 Å². The molecular formula is C7H14O4S. The lowest BCUT2D eigenvalue weighted by molar-refractivity contribution is 0.490. The Hall–Kier alpha value is -0.730. The predicted molar refractivity (Wildman–Crippen MR) is 46.6 cm³/mol. The fourth-order valence-corrected chi connectivity index (χ4v) is 0.168. The molecule has 2 N–H and O–H groups in total. The summed E-state index contributed by atoms with van der Waals surface area (Å²) in [5.41, 5.74) is -0.0608. The Morgan fingerprint density at radius 3 is 1.50 bits per heavy atom. The van der Waals surface area contributed by atoms with Gasteiger partial charge in [-0.1, -0.05) is 5.92 Å². The van der Waals surface area contributed by atoms with Crippen LogP contribution in [0.1, 0.15) is 20.8 Å². The molecule has 0 aromatic heterocycles. The lowest BCUT2D eigenvalue weighted by Crippen LogP contribution is -1.98. The van der Waals surface area contributed by atoms with Crippen LogP contribution in [0.2, 0.25) is 0 Å². The first kappa shape index (κ1) is 13.8. The van der Waals surface area contributed by atoms with Crippen LogP contribution in [-0.4, -0.2) is 24.3 Å². The van der Waals surface area contributed by atoms with E-state index in [1.165, 1.54) is 0 Å². The van der Waals surface area contributed by atoms with Gasteiger partial charge in [-0.05, 0) is 20.8 Å². The molecule has 12 heavy (non-hydrogen) atoms. The van der Waals surface area contributed by atoms with Gasteiger partial charge in [-0.2, -0.15) is 8.42 Å². The molecule has 0 radical (unpaired) electrons. The SMILES string of the molecule is CC(C)(C)C#CO.CS(=O)(=O)O. The monoisotopic (exact) mass is 194 g/mol. The van der Waals surface area contributed by atoms with Crippen molar-refractivity contribution in [1.82, 2.24) is 0 Å². The number of hydrogen-bond acceptors (Lipinski definition) is 3. The van der Waals surface area contributed by atoms with Crippen LogP contribution in [0.4, 0.5) is 0 Å². The van der Waals surface area contributed by atoms with E-state index >= 15 is 0 Å². The van der Waals surface area contributed by atoms with Gasteiger partial charge < -0.3 is 5.11 Å². The van der Waals surface area contributed by atoms with Gasteiger partial charge in [0, 0.05) is 5.41 Å². The van der Waals surface area contributed by atoms with Crippen molar-refractivity contribution in [2.75, 3.05) is 6.26 Å². The highest BCUT2D eigenvalue weighted by molar-refractivity contribution is 7.85. The third-order valence-electron chi connectivity index (χ3n) is 0.431. The molecule has 4 nitrogen and oxygen atoms in total. The molecule has 0 bridgehead atoms. The zero-order valence-corrected chi connectivity index (χ0v) is 8.44. The average Bonchev–Trinajstić information content (AvgIpc) is 1.54. The molecule has 0 fully saturated rings. The normalized spacial score (nSPS) is 10.4. The van der Waals surface area contributed by atoms with Crippen molar-refractivity contribution >= 4 is 10.1 Å². The second-order valence-electron chi connectivity index (χ2n) is 3.22. The summed E-state index contributed by atoms with van der Waals surface area (Å²) in [6, 6.07) is 0. The van der Waals surface area contributed by atoms with Crippen LogP contribution in [0.25, 0.3) is 0 Å². The molecule has 72 valence electrons.